The molecule has 0 unspecified atom stereocenters. The Kier molecular flexibility index (Phi) is 3.59. The number of hydrogen-bond donors (Lipinski definition) is 1. The quantitative estimate of drug-likeness (QED) is 0.914. The Morgan fingerprint density at radius 2 is 2.14 bits per heavy atom. The zero-order chi connectivity index (χ0) is 14.7. The highest BCUT2D eigenvalue weighted by Gasteiger charge is 2.41. The number of aromatic nitrogens is 1. The van der Waals surface area contributed by atoms with Gasteiger partial charge in [0.05, 0.1) is 23.4 Å². The van der Waals surface area contributed by atoms with Crippen molar-refractivity contribution in [1.29, 1.82) is 5.26 Å². The van der Waals surface area contributed by atoms with E-state index in [1.54, 1.807) is 18.5 Å². The Morgan fingerprint density at radius 1 is 1.29 bits per heavy atom. The number of nitrogens with zero attached hydrogens (tertiary/aromatic N) is 2. The van der Waals surface area contributed by atoms with Crippen molar-refractivity contribution < 1.29 is 4.74 Å². The van der Waals surface area contributed by atoms with Gasteiger partial charge in [-0.05, 0) is 43.7 Å². The molecule has 4 heteroatoms. The molecule has 0 aliphatic heterocycles. The second kappa shape index (κ2) is 5.55. The first-order chi connectivity index (χ1) is 10.2. The molecule has 1 aromatic carbocycles. The van der Waals surface area contributed by atoms with E-state index in [1.807, 2.05) is 31.3 Å². The van der Waals surface area contributed by atoms with Crippen LogP contribution in [0.15, 0.2) is 42.7 Å². The number of rotatable bonds is 5. The fourth-order valence-corrected chi connectivity index (χ4v) is 2.26. The first-order valence-electron chi connectivity index (χ1n) is 7.02. The SMILES string of the molecule is CNC1(COc2cncc(-c3cccc(C#N)c3)c2)CC1. The summed E-state index contributed by atoms with van der Waals surface area (Å²) < 4.78 is 5.85. The van der Waals surface area contributed by atoms with E-state index in [-0.39, 0.29) is 5.54 Å². The topological polar surface area (TPSA) is 57.9 Å². The zero-order valence-corrected chi connectivity index (χ0v) is 12.0. The van der Waals surface area contributed by atoms with E-state index < -0.39 is 0 Å². The van der Waals surface area contributed by atoms with Gasteiger partial charge in [-0.2, -0.15) is 5.26 Å². The molecular formula is C17H17N3O. The summed E-state index contributed by atoms with van der Waals surface area (Å²) in [6.07, 6.45) is 5.82. The van der Waals surface area contributed by atoms with Gasteiger partial charge in [-0.3, -0.25) is 4.98 Å². The van der Waals surface area contributed by atoms with Crippen LogP contribution in [0, 0.1) is 11.3 Å². The number of nitriles is 1. The van der Waals surface area contributed by atoms with E-state index in [1.165, 1.54) is 0 Å². The van der Waals surface area contributed by atoms with Gasteiger partial charge in [0.25, 0.3) is 0 Å². The van der Waals surface area contributed by atoms with Crippen molar-refractivity contribution in [2.75, 3.05) is 13.7 Å². The van der Waals surface area contributed by atoms with Crippen LogP contribution in [0.5, 0.6) is 5.75 Å². The third-order valence-corrected chi connectivity index (χ3v) is 3.94. The molecule has 106 valence electrons. The van der Waals surface area contributed by atoms with Crippen LogP contribution in [0.4, 0.5) is 0 Å². The third kappa shape index (κ3) is 3.04. The van der Waals surface area contributed by atoms with Crippen LogP contribution < -0.4 is 10.1 Å². The predicted molar refractivity (Wildman–Crippen MR) is 80.9 cm³/mol. The molecule has 0 radical (unpaired) electrons. The van der Waals surface area contributed by atoms with E-state index in [9.17, 15) is 0 Å². The average molecular weight is 279 g/mol. The second-order valence-corrected chi connectivity index (χ2v) is 5.42. The van der Waals surface area contributed by atoms with Crippen molar-refractivity contribution in [3.63, 3.8) is 0 Å². The molecule has 2 aromatic rings. The maximum Gasteiger partial charge on any atom is 0.138 e. The Hall–Kier alpha value is -2.38. The summed E-state index contributed by atoms with van der Waals surface area (Å²) in [6.45, 7) is 0.660. The first-order valence-corrected chi connectivity index (χ1v) is 7.02. The lowest BCUT2D eigenvalue weighted by atomic mass is 10.1. The van der Waals surface area contributed by atoms with Crippen LogP contribution in [0.1, 0.15) is 18.4 Å². The summed E-state index contributed by atoms with van der Waals surface area (Å²) in [4.78, 5) is 4.24. The van der Waals surface area contributed by atoms with E-state index in [4.69, 9.17) is 10.00 Å². The van der Waals surface area contributed by atoms with Crippen LogP contribution >= 0.6 is 0 Å². The summed E-state index contributed by atoms with van der Waals surface area (Å²) in [5, 5.41) is 12.3. The number of benzene rings is 1. The molecule has 0 amide bonds. The zero-order valence-electron chi connectivity index (χ0n) is 12.0. The molecule has 0 saturated heterocycles. The molecule has 0 bridgehead atoms. The van der Waals surface area contributed by atoms with E-state index in [0.717, 1.165) is 29.7 Å². The largest absolute Gasteiger partial charge is 0.490 e. The van der Waals surface area contributed by atoms with Crippen molar-refractivity contribution in [1.82, 2.24) is 10.3 Å². The molecule has 1 aromatic heterocycles. The molecule has 0 atom stereocenters. The molecule has 4 nitrogen and oxygen atoms in total. The van der Waals surface area contributed by atoms with Crippen LogP contribution in [-0.2, 0) is 0 Å². The standard InChI is InChI=1S/C17H17N3O/c1-19-17(5-6-17)12-21-16-8-15(10-20-11-16)14-4-2-3-13(7-14)9-18/h2-4,7-8,10-11,19H,5-6,12H2,1H3. The van der Waals surface area contributed by atoms with Gasteiger partial charge in [0.15, 0.2) is 0 Å². The number of nitrogens with one attached hydrogen (secondary N) is 1. The van der Waals surface area contributed by atoms with Gasteiger partial charge in [0.2, 0.25) is 0 Å². The Morgan fingerprint density at radius 3 is 2.86 bits per heavy atom. The Bertz CT molecular complexity index is 686. The van der Waals surface area contributed by atoms with Crippen molar-refractivity contribution in [2.45, 2.75) is 18.4 Å². The van der Waals surface area contributed by atoms with Crippen molar-refractivity contribution in [3.8, 4) is 22.9 Å². The lowest BCUT2D eigenvalue weighted by Crippen LogP contribution is -2.33. The molecule has 1 heterocycles. The van der Waals surface area contributed by atoms with Gasteiger partial charge in [0.1, 0.15) is 12.4 Å². The highest BCUT2D eigenvalue weighted by Crippen LogP contribution is 2.35. The lowest BCUT2D eigenvalue weighted by Gasteiger charge is -2.15. The number of hydrogen-bond acceptors (Lipinski definition) is 4. The summed E-state index contributed by atoms with van der Waals surface area (Å²) >= 11 is 0. The molecule has 1 N–H and O–H groups in total. The Labute approximate surface area is 124 Å². The highest BCUT2D eigenvalue weighted by atomic mass is 16.5. The molecule has 1 fully saturated rings. The maximum absolute atomic E-state index is 8.97. The summed E-state index contributed by atoms with van der Waals surface area (Å²) in [6, 6.07) is 11.6. The number of likely N-dealkylation sites (N-methyl/N-ethyl adjacent to an activating group) is 1. The Balaban J connectivity index is 1.78. The van der Waals surface area contributed by atoms with Gasteiger partial charge < -0.3 is 10.1 Å². The van der Waals surface area contributed by atoms with Gasteiger partial charge in [-0.1, -0.05) is 12.1 Å². The minimum absolute atomic E-state index is 0.150. The predicted octanol–water partition coefficient (Wildman–Crippen LogP) is 2.75. The van der Waals surface area contributed by atoms with Crippen LogP contribution in [0.2, 0.25) is 0 Å². The van der Waals surface area contributed by atoms with Crippen molar-refractivity contribution >= 4 is 0 Å². The van der Waals surface area contributed by atoms with Crippen molar-refractivity contribution in [2.24, 2.45) is 0 Å². The highest BCUT2D eigenvalue weighted by molar-refractivity contribution is 5.65. The molecule has 1 aliphatic rings. The molecule has 1 saturated carbocycles. The van der Waals surface area contributed by atoms with E-state index >= 15 is 0 Å². The lowest BCUT2D eigenvalue weighted by molar-refractivity contribution is 0.259. The molecular weight excluding hydrogens is 262 g/mol. The van der Waals surface area contributed by atoms with Crippen LogP contribution in [0.3, 0.4) is 0 Å². The fraction of sp³-hybridized carbons (Fsp3) is 0.294. The molecule has 1 aliphatic carbocycles. The summed E-state index contributed by atoms with van der Waals surface area (Å²) in [5.74, 6) is 0.761. The third-order valence-electron chi connectivity index (χ3n) is 3.94. The summed E-state index contributed by atoms with van der Waals surface area (Å²) in [5.41, 5.74) is 2.73. The number of pyridine rings is 1. The molecule has 3 rings (SSSR count). The van der Waals surface area contributed by atoms with Crippen molar-refractivity contribution in [3.05, 3.63) is 48.3 Å². The number of ether oxygens (including phenoxy) is 1. The van der Waals surface area contributed by atoms with Crippen LogP contribution in [-0.4, -0.2) is 24.2 Å². The first kappa shape index (κ1) is 13.6. The normalized spacial score (nSPS) is 15.2. The second-order valence-electron chi connectivity index (χ2n) is 5.42. The van der Waals surface area contributed by atoms with Gasteiger partial charge in [0, 0.05) is 11.8 Å². The van der Waals surface area contributed by atoms with Gasteiger partial charge in [-0.15, -0.1) is 0 Å². The van der Waals surface area contributed by atoms with Gasteiger partial charge >= 0.3 is 0 Å². The average Bonchev–Trinajstić information content (AvgIpc) is 3.34. The maximum atomic E-state index is 8.97. The smallest absolute Gasteiger partial charge is 0.138 e. The molecule has 21 heavy (non-hydrogen) atoms. The minimum atomic E-state index is 0.150. The fourth-order valence-electron chi connectivity index (χ4n) is 2.26. The summed E-state index contributed by atoms with van der Waals surface area (Å²) in [7, 11) is 1.97. The molecule has 0 spiro atoms. The van der Waals surface area contributed by atoms with Crippen LogP contribution in [0.25, 0.3) is 11.1 Å². The monoisotopic (exact) mass is 279 g/mol. The minimum Gasteiger partial charge on any atom is -0.490 e. The van der Waals surface area contributed by atoms with E-state index in [2.05, 4.69) is 16.4 Å². The van der Waals surface area contributed by atoms with Gasteiger partial charge in [-0.25, -0.2) is 0 Å². The van der Waals surface area contributed by atoms with E-state index in [0.29, 0.717) is 12.2 Å².